The molecule has 1 amide bonds. The number of hydrogen-bond acceptors (Lipinski definition) is 2. The molecule has 0 aliphatic heterocycles. The average molecular weight is 382 g/mol. The molecule has 3 heteroatoms. The van der Waals surface area contributed by atoms with Crippen LogP contribution in [0.1, 0.15) is 97.3 Å². The van der Waals surface area contributed by atoms with E-state index in [1.165, 1.54) is 63.4 Å². The van der Waals surface area contributed by atoms with Crippen LogP contribution < -0.4 is 0 Å². The molecule has 0 radical (unpaired) electrons. The molecule has 0 aromatic heterocycles. The standard InChI is InChI=1S/C13H24.C10H19NO.CH4O/c1-2-3-4-5-6-7-10-13-11-8-9-12-13;1-9(2)7-5-6-8-10(12)11(3)4;1-2/h7,10,13H,2-6,8-9,11-12H2,1H3;1,5-8H2,2-4H3;2H,1H3/b10-7+;;. The summed E-state index contributed by atoms with van der Waals surface area (Å²) in [4.78, 5) is 12.7. The van der Waals surface area contributed by atoms with Crippen molar-refractivity contribution in [2.75, 3.05) is 21.2 Å². The van der Waals surface area contributed by atoms with Crippen molar-refractivity contribution in [3.63, 3.8) is 0 Å². The Bertz CT molecular complexity index is 369. The Hall–Kier alpha value is -1.09. The molecule has 1 saturated carbocycles. The van der Waals surface area contributed by atoms with Gasteiger partial charge in [-0.15, -0.1) is 6.58 Å². The normalized spacial score (nSPS) is 13.6. The van der Waals surface area contributed by atoms with Gasteiger partial charge in [-0.2, -0.15) is 0 Å². The first-order valence-electron chi connectivity index (χ1n) is 10.9. The minimum absolute atomic E-state index is 0.219. The van der Waals surface area contributed by atoms with Crippen LogP contribution in [0.4, 0.5) is 0 Å². The van der Waals surface area contributed by atoms with E-state index in [2.05, 4.69) is 25.7 Å². The number of unbranched alkanes of at least 4 members (excludes halogenated alkanes) is 5. The fourth-order valence-electron chi connectivity index (χ4n) is 3.05. The number of aliphatic hydroxyl groups excluding tert-OH is 1. The van der Waals surface area contributed by atoms with E-state index in [9.17, 15) is 4.79 Å². The Labute approximate surface area is 169 Å². The fraction of sp³-hybridized carbons (Fsp3) is 0.792. The summed E-state index contributed by atoms with van der Waals surface area (Å²) < 4.78 is 0. The molecule has 1 N–H and O–H groups in total. The van der Waals surface area contributed by atoms with Crippen molar-refractivity contribution >= 4 is 5.91 Å². The zero-order valence-electron chi connectivity index (χ0n) is 18.9. The van der Waals surface area contributed by atoms with Crippen LogP contribution in [0.25, 0.3) is 0 Å². The van der Waals surface area contributed by atoms with E-state index in [1.807, 2.05) is 6.92 Å². The first-order chi connectivity index (χ1) is 13.0. The molecular weight excluding hydrogens is 334 g/mol. The number of rotatable bonds is 11. The molecule has 0 spiro atoms. The summed E-state index contributed by atoms with van der Waals surface area (Å²) in [5.41, 5.74) is 1.20. The third-order valence-corrected chi connectivity index (χ3v) is 4.78. The van der Waals surface area contributed by atoms with Crippen LogP contribution in [0.15, 0.2) is 24.3 Å². The van der Waals surface area contributed by atoms with Crippen molar-refractivity contribution in [3.8, 4) is 0 Å². The lowest BCUT2D eigenvalue weighted by atomic mass is 10.1. The van der Waals surface area contributed by atoms with E-state index in [0.717, 1.165) is 32.3 Å². The summed E-state index contributed by atoms with van der Waals surface area (Å²) >= 11 is 0. The van der Waals surface area contributed by atoms with Gasteiger partial charge in [-0.1, -0.05) is 56.8 Å². The number of aliphatic hydroxyl groups is 1. The second kappa shape index (κ2) is 21.2. The van der Waals surface area contributed by atoms with E-state index in [1.54, 1.807) is 19.0 Å². The van der Waals surface area contributed by atoms with Crippen LogP contribution in [0.3, 0.4) is 0 Å². The van der Waals surface area contributed by atoms with Gasteiger partial charge < -0.3 is 10.0 Å². The Morgan fingerprint density at radius 1 is 1.04 bits per heavy atom. The molecule has 1 fully saturated rings. The third-order valence-electron chi connectivity index (χ3n) is 4.78. The Balaban J connectivity index is 0. The number of carbonyl (C=O) groups is 1. The predicted octanol–water partition coefficient (Wildman–Crippen LogP) is 6.52. The van der Waals surface area contributed by atoms with Gasteiger partial charge in [0.15, 0.2) is 0 Å². The summed E-state index contributed by atoms with van der Waals surface area (Å²) in [6.45, 7) is 8.11. The highest BCUT2D eigenvalue weighted by molar-refractivity contribution is 5.75. The van der Waals surface area contributed by atoms with E-state index in [-0.39, 0.29) is 5.91 Å². The average Bonchev–Trinajstić information content (AvgIpc) is 3.17. The van der Waals surface area contributed by atoms with Gasteiger partial charge in [0.25, 0.3) is 0 Å². The number of amides is 1. The van der Waals surface area contributed by atoms with Gasteiger partial charge >= 0.3 is 0 Å². The lowest BCUT2D eigenvalue weighted by Crippen LogP contribution is -2.20. The lowest BCUT2D eigenvalue weighted by molar-refractivity contribution is -0.128. The summed E-state index contributed by atoms with van der Waals surface area (Å²) in [6.07, 6.45) is 21.4. The highest BCUT2D eigenvalue weighted by Gasteiger charge is 2.10. The van der Waals surface area contributed by atoms with Crippen molar-refractivity contribution in [1.82, 2.24) is 4.90 Å². The van der Waals surface area contributed by atoms with Gasteiger partial charge in [0.05, 0.1) is 0 Å². The van der Waals surface area contributed by atoms with Crippen LogP contribution >= 0.6 is 0 Å². The van der Waals surface area contributed by atoms with Crippen LogP contribution in [-0.2, 0) is 4.79 Å². The van der Waals surface area contributed by atoms with Gasteiger partial charge in [-0.05, 0) is 57.8 Å². The smallest absolute Gasteiger partial charge is 0.222 e. The first-order valence-corrected chi connectivity index (χ1v) is 10.9. The van der Waals surface area contributed by atoms with E-state index in [0.29, 0.717) is 6.42 Å². The zero-order chi connectivity index (χ0) is 20.9. The molecule has 0 aromatic rings. The zero-order valence-corrected chi connectivity index (χ0v) is 18.9. The molecule has 0 unspecified atom stereocenters. The minimum atomic E-state index is 0.219. The van der Waals surface area contributed by atoms with Crippen molar-refractivity contribution in [1.29, 1.82) is 0 Å². The van der Waals surface area contributed by atoms with Gasteiger partial charge in [0.1, 0.15) is 0 Å². The Morgan fingerprint density at radius 2 is 1.63 bits per heavy atom. The molecule has 0 atom stereocenters. The molecule has 1 aliphatic rings. The van der Waals surface area contributed by atoms with Crippen LogP contribution in [-0.4, -0.2) is 37.1 Å². The SMILES string of the molecule is C=C(C)CCCCC(=O)N(C)C.CCCCCC/C=C/C1CCCC1.CO. The van der Waals surface area contributed by atoms with Crippen LogP contribution in [0.2, 0.25) is 0 Å². The van der Waals surface area contributed by atoms with Gasteiger partial charge in [-0.25, -0.2) is 0 Å². The third kappa shape index (κ3) is 21.1. The topological polar surface area (TPSA) is 40.5 Å². The largest absolute Gasteiger partial charge is 0.400 e. The first kappa shape index (κ1) is 28.1. The van der Waals surface area contributed by atoms with Gasteiger partial charge in [0, 0.05) is 27.6 Å². The molecule has 3 nitrogen and oxygen atoms in total. The van der Waals surface area contributed by atoms with Gasteiger partial charge in [0.2, 0.25) is 5.91 Å². The molecule has 0 heterocycles. The maximum atomic E-state index is 11.1. The van der Waals surface area contributed by atoms with Gasteiger partial charge in [-0.3, -0.25) is 4.79 Å². The molecule has 1 aliphatic carbocycles. The number of carbonyl (C=O) groups excluding carboxylic acids is 1. The Kier molecular flexibility index (Phi) is 22.1. The van der Waals surface area contributed by atoms with E-state index < -0.39 is 0 Å². The molecular formula is C24H47NO2. The summed E-state index contributed by atoms with van der Waals surface area (Å²) in [5.74, 6) is 1.16. The van der Waals surface area contributed by atoms with Crippen LogP contribution in [0, 0.1) is 5.92 Å². The monoisotopic (exact) mass is 381 g/mol. The molecule has 160 valence electrons. The maximum Gasteiger partial charge on any atom is 0.222 e. The molecule has 1 rings (SSSR count). The van der Waals surface area contributed by atoms with E-state index >= 15 is 0 Å². The molecule has 0 bridgehead atoms. The maximum absolute atomic E-state index is 11.1. The second-order valence-corrected chi connectivity index (χ2v) is 7.77. The lowest BCUT2D eigenvalue weighted by Gasteiger charge is -2.09. The number of hydrogen-bond donors (Lipinski definition) is 1. The summed E-state index contributed by atoms with van der Waals surface area (Å²) in [5, 5.41) is 7.00. The second-order valence-electron chi connectivity index (χ2n) is 7.77. The van der Waals surface area contributed by atoms with Crippen molar-refractivity contribution in [2.24, 2.45) is 5.92 Å². The Morgan fingerprint density at radius 3 is 2.15 bits per heavy atom. The predicted molar refractivity (Wildman–Crippen MR) is 120 cm³/mol. The quantitative estimate of drug-likeness (QED) is 0.327. The molecule has 0 saturated heterocycles. The van der Waals surface area contributed by atoms with Crippen molar-refractivity contribution in [2.45, 2.75) is 97.3 Å². The van der Waals surface area contributed by atoms with Crippen molar-refractivity contribution < 1.29 is 9.90 Å². The van der Waals surface area contributed by atoms with Crippen LogP contribution in [0.5, 0.6) is 0 Å². The van der Waals surface area contributed by atoms with Crippen molar-refractivity contribution in [3.05, 3.63) is 24.3 Å². The number of allylic oxidation sites excluding steroid dienone is 3. The molecule has 0 aromatic carbocycles. The molecule has 27 heavy (non-hydrogen) atoms. The number of nitrogens with zero attached hydrogens (tertiary/aromatic N) is 1. The summed E-state index contributed by atoms with van der Waals surface area (Å²) in [6, 6.07) is 0. The fourth-order valence-corrected chi connectivity index (χ4v) is 3.05. The van der Waals surface area contributed by atoms with E-state index in [4.69, 9.17) is 5.11 Å². The highest BCUT2D eigenvalue weighted by Crippen LogP contribution is 2.25. The highest BCUT2D eigenvalue weighted by atomic mass is 16.2. The minimum Gasteiger partial charge on any atom is -0.400 e. The summed E-state index contributed by atoms with van der Waals surface area (Å²) in [7, 11) is 4.59.